The molecule has 1 fully saturated rings. The molecule has 1 atom stereocenters. The number of aryl methyl sites for hydroxylation is 2. The van der Waals surface area contributed by atoms with Crippen LogP contribution in [0.2, 0.25) is 0 Å². The fraction of sp³-hybridized carbons (Fsp3) is 0.286. The monoisotopic (exact) mass is 402 g/mol. The van der Waals surface area contributed by atoms with Gasteiger partial charge in [0, 0.05) is 42.3 Å². The number of aromatic amines is 1. The van der Waals surface area contributed by atoms with Crippen molar-refractivity contribution in [2.24, 2.45) is 0 Å². The van der Waals surface area contributed by atoms with Gasteiger partial charge in [-0.2, -0.15) is 10.1 Å². The Balaban J connectivity index is 1.42. The number of aromatic nitrogens is 6. The summed E-state index contributed by atoms with van der Waals surface area (Å²) in [5.41, 5.74) is 3.40. The Hall–Kier alpha value is -3.75. The summed E-state index contributed by atoms with van der Waals surface area (Å²) in [4.78, 5) is 15.9. The molecule has 5 rings (SSSR count). The molecule has 0 radical (unpaired) electrons. The zero-order valence-corrected chi connectivity index (χ0v) is 16.8. The summed E-state index contributed by atoms with van der Waals surface area (Å²) in [6, 6.07) is 11.6. The number of rotatable bonds is 5. The average Bonchev–Trinajstić information content (AvgIpc) is 3.48. The highest BCUT2D eigenvalue weighted by molar-refractivity contribution is 5.56. The van der Waals surface area contributed by atoms with Gasteiger partial charge in [-0.3, -0.25) is 10.1 Å². The van der Waals surface area contributed by atoms with Crippen LogP contribution in [0.25, 0.3) is 11.4 Å². The van der Waals surface area contributed by atoms with Gasteiger partial charge in [0.05, 0.1) is 11.7 Å². The second-order valence-corrected chi connectivity index (χ2v) is 7.44. The lowest BCUT2D eigenvalue weighted by atomic mass is 10.1. The van der Waals surface area contributed by atoms with Gasteiger partial charge in [0.25, 0.3) is 0 Å². The van der Waals surface area contributed by atoms with Crippen LogP contribution in [0.4, 0.5) is 17.6 Å². The molecule has 9 heteroatoms. The zero-order valence-electron chi connectivity index (χ0n) is 16.8. The largest absolute Gasteiger partial charge is 0.358 e. The molecule has 5 heterocycles. The van der Waals surface area contributed by atoms with Gasteiger partial charge in [-0.15, -0.1) is 0 Å². The first-order valence-corrected chi connectivity index (χ1v) is 9.95. The van der Waals surface area contributed by atoms with E-state index in [9.17, 15) is 0 Å². The molecule has 0 aliphatic carbocycles. The van der Waals surface area contributed by atoms with Crippen LogP contribution < -0.4 is 10.2 Å². The minimum atomic E-state index is 0.0391. The Morgan fingerprint density at radius 3 is 2.83 bits per heavy atom. The van der Waals surface area contributed by atoms with E-state index in [4.69, 9.17) is 9.51 Å². The first-order chi connectivity index (χ1) is 14.7. The van der Waals surface area contributed by atoms with Crippen molar-refractivity contribution in [2.75, 3.05) is 16.8 Å². The second kappa shape index (κ2) is 7.58. The molecule has 30 heavy (non-hydrogen) atoms. The van der Waals surface area contributed by atoms with E-state index < -0.39 is 0 Å². The molecule has 1 saturated heterocycles. The quantitative estimate of drug-likeness (QED) is 0.516. The Morgan fingerprint density at radius 1 is 1.10 bits per heavy atom. The highest BCUT2D eigenvalue weighted by atomic mass is 16.5. The number of anilines is 3. The Morgan fingerprint density at radius 2 is 2.03 bits per heavy atom. The van der Waals surface area contributed by atoms with Crippen molar-refractivity contribution in [3.8, 4) is 11.4 Å². The summed E-state index contributed by atoms with van der Waals surface area (Å²) >= 11 is 0. The smallest absolute Gasteiger partial charge is 0.228 e. The van der Waals surface area contributed by atoms with Gasteiger partial charge < -0.3 is 14.7 Å². The minimum absolute atomic E-state index is 0.0391. The summed E-state index contributed by atoms with van der Waals surface area (Å²) in [5, 5.41) is 14.6. The number of nitrogens with zero attached hydrogens (tertiary/aromatic N) is 6. The number of hydrogen-bond acceptors (Lipinski definition) is 8. The molecule has 1 aliphatic rings. The van der Waals surface area contributed by atoms with Gasteiger partial charge in [-0.05, 0) is 38.8 Å². The minimum Gasteiger partial charge on any atom is -0.358 e. The van der Waals surface area contributed by atoms with Crippen molar-refractivity contribution in [2.45, 2.75) is 32.7 Å². The fourth-order valence-corrected chi connectivity index (χ4v) is 3.74. The van der Waals surface area contributed by atoms with Crippen LogP contribution in [-0.4, -0.2) is 36.9 Å². The highest BCUT2D eigenvalue weighted by Gasteiger charge is 2.32. The molecule has 4 aromatic heterocycles. The van der Waals surface area contributed by atoms with Crippen molar-refractivity contribution in [1.29, 1.82) is 0 Å². The first kappa shape index (κ1) is 18.3. The van der Waals surface area contributed by atoms with E-state index in [-0.39, 0.29) is 6.04 Å². The third kappa shape index (κ3) is 3.61. The van der Waals surface area contributed by atoms with Gasteiger partial charge >= 0.3 is 0 Å². The van der Waals surface area contributed by atoms with Crippen LogP contribution in [0.3, 0.4) is 0 Å². The Kier molecular flexibility index (Phi) is 4.62. The van der Waals surface area contributed by atoms with Gasteiger partial charge in [0.2, 0.25) is 5.95 Å². The third-order valence-corrected chi connectivity index (χ3v) is 5.10. The Bertz CT molecular complexity index is 1150. The van der Waals surface area contributed by atoms with Gasteiger partial charge in [-0.1, -0.05) is 11.2 Å². The summed E-state index contributed by atoms with van der Waals surface area (Å²) in [7, 11) is 0. The average molecular weight is 402 g/mol. The third-order valence-electron chi connectivity index (χ3n) is 5.10. The Labute approximate surface area is 173 Å². The lowest BCUT2D eigenvalue weighted by Crippen LogP contribution is -2.25. The molecule has 0 bridgehead atoms. The van der Waals surface area contributed by atoms with Gasteiger partial charge in [0.15, 0.2) is 11.6 Å². The molecule has 152 valence electrons. The van der Waals surface area contributed by atoms with Crippen molar-refractivity contribution in [3.05, 3.63) is 59.7 Å². The van der Waals surface area contributed by atoms with E-state index in [2.05, 4.69) is 35.5 Å². The molecule has 0 aromatic carbocycles. The van der Waals surface area contributed by atoms with E-state index in [0.29, 0.717) is 11.8 Å². The predicted molar refractivity (Wildman–Crippen MR) is 112 cm³/mol. The molecule has 9 nitrogen and oxygen atoms in total. The SMILES string of the molecule is Cc1cc(Nc2cc(C)[nH]n2)nc(N2CCCC2c2cc(-c3ccccn3)no2)n1. The van der Waals surface area contributed by atoms with Crippen LogP contribution in [0.5, 0.6) is 0 Å². The van der Waals surface area contributed by atoms with Crippen LogP contribution >= 0.6 is 0 Å². The van der Waals surface area contributed by atoms with E-state index >= 15 is 0 Å². The van der Waals surface area contributed by atoms with E-state index in [1.807, 2.05) is 50.2 Å². The molecule has 0 amide bonds. The number of nitrogens with one attached hydrogen (secondary N) is 2. The summed E-state index contributed by atoms with van der Waals surface area (Å²) < 4.78 is 5.70. The standard InChI is InChI=1S/C21H22N8O/c1-13-10-19(24-20-11-14(2)26-27-20)25-21(23-13)29-9-5-7-17(29)18-12-16(28-30-18)15-6-3-4-8-22-15/h3-4,6,8,10-12,17H,5,7,9H2,1-2H3,(H2,23,24,25,26,27). The number of pyridine rings is 1. The topological polar surface area (TPSA) is 109 Å². The van der Waals surface area contributed by atoms with Gasteiger partial charge in [-0.25, -0.2) is 4.98 Å². The molecule has 1 unspecified atom stereocenters. The van der Waals surface area contributed by atoms with Crippen molar-refractivity contribution >= 4 is 17.6 Å². The molecular weight excluding hydrogens is 380 g/mol. The number of H-pyrrole nitrogens is 1. The molecular formula is C21H22N8O. The fourth-order valence-electron chi connectivity index (χ4n) is 3.74. The first-order valence-electron chi connectivity index (χ1n) is 9.95. The summed E-state index contributed by atoms with van der Waals surface area (Å²) in [5.74, 6) is 2.91. The van der Waals surface area contributed by atoms with E-state index in [1.54, 1.807) is 6.20 Å². The molecule has 4 aromatic rings. The molecule has 0 spiro atoms. The van der Waals surface area contributed by atoms with Crippen LogP contribution in [0.15, 0.2) is 47.1 Å². The summed E-state index contributed by atoms with van der Waals surface area (Å²) in [6.45, 7) is 4.78. The molecule has 1 aliphatic heterocycles. The maximum atomic E-state index is 5.70. The second-order valence-electron chi connectivity index (χ2n) is 7.44. The lowest BCUT2D eigenvalue weighted by Gasteiger charge is -2.23. The maximum Gasteiger partial charge on any atom is 0.228 e. The van der Waals surface area contributed by atoms with Gasteiger partial charge in [0.1, 0.15) is 11.5 Å². The van der Waals surface area contributed by atoms with Crippen LogP contribution in [0.1, 0.15) is 36.0 Å². The van der Waals surface area contributed by atoms with Crippen LogP contribution in [0, 0.1) is 13.8 Å². The summed E-state index contributed by atoms with van der Waals surface area (Å²) in [6.07, 6.45) is 3.74. The lowest BCUT2D eigenvalue weighted by molar-refractivity contribution is 0.362. The predicted octanol–water partition coefficient (Wildman–Crippen LogP) is 3.95. The number of hydrogen-bond donors (Lipinski definition) is 2. The van der Waals surface area contributed by atoms with Crippen molar-refractivity contribution < 1.29 is 4.52 Å². The molecule has 2 N–H and O–H groups in total. The highest BCUT2D eigenvalue weighted by Crippen LogP contribution is 2.36. The van der Waals surface area contributed by atoms with E-state index in [1.165, 1.54) is 0 Å². The van der Waals surface area contributed by atoms with E-state index in [0.717, 1.165) is 53.7 Å². The molecule has 0 saturated carbocycles. The van der Waals surface area contributed by atoms with Crippen molar-refractivity contribution in [3.63, 3.8) is 0 Å². The van der Waals surface area contributed by atoms with Crippen molar-refractivity contribution in [1.82, 2.24) is 30.3 Å². The normalized spacial score (nSPS) is 16.2. The zero-order chi connectivity index (χ0) is 20.5. The maximum absolute atomic E-state index is 5.70. The van der Waals surface area contributed by atoms with Crippen LogP contribution in [-0.2, 0) is 0 Å².